The summed E-state index contributed by atoms with van der Waals surface area (Å²) in [6.07, 6.45) is -0.479. The van der Waals surface area contributed by atoms with Crippen LogP contribution in [0.4, 0.5) is 0 Å². The summed E-state index contributed by atoms with van der Waals surface area (Å²) >= 11 is 5.14. The number of esters is 1. The number of ether oxygens (including phenoxy) is 2. The highest BCUT2D eigenvalue weighted by molar-refractivity contribution is 7.80. The first-order chi connectivity index (χ1) is 9.20. The van der Waals surface area contributed by atoms with Crippen LogP contribution in [0, 0.1) is 5.92 Å². The number of hydrogen-bond acceptors (Lipinski definition) is 4. The Morgan fingerprint density at radius 1 is 1.42 bits per heavy atom. The number of carbonyl (C=O) groups is 1. The topological polar surface area (TPSA) is 59.6 Å². The number of nitrogens with one attached hydrogen (secondary N) is 2. The number of rotatable bonds is 2. The molecule has 100 valence electrons. The highest BCUT2D eigenvalue weighted by Crippen LogP contribution is 2.40. The van der Waals surface area contributed by atoms with Gasteiger partial charge in [0, 0.05) is 5.56 Å². The van der Waals surface area contributed by atoms with Crippen LogP contribution >= 0.6 is 12.2 Å². The van der Waals surface area contributed by atoms with Gasteiger partial charge in [0.25, 0.3) is 0 Å². The lowest BCUT2D eigenvalue weighted by atomic mass is 9.87. The lowest BCUT2D eigenvalue weighted by Crippen LogP contribution is -2.62. The van der Waals surface area contributed by atoms with Crippen LogP contribution in [0.1, 0.15) is 18.5 Å². The fourth-order valence-electron chi connectivity index (χ4n) is 2.52. The van der Waals surface area contributed by atoms with Crippen molar-refractivity contribution >= 4 is 23.3 Å². The molecule has 0 radical (unpaired) electrons. The summed E-state index contributed by atoms with van der Waals surface area (Å²) in [5, 5.41) is 6.60. The Kier molecular flexibility index (Phi) is 3.02. The molecule has 0 amide bonds. The lowest BCUT2D eigenvalue weighted by Gasteiger charge is -2.43. The molecular formula is C13H14N2O3S. The molecule has 1 aromatic carbocycles. The van der Waals surface area contributed by atoms with Gasteiger partial charge in [-0.2, -0.15) is 0 Å². The highest BCUT2D eigenvalue weighted by Gasteiger charge is 2.47. The van der Waals surface area contributed by atoms with E-state index in [0.717, 1.165) is 11.3 Å². The molecule has 6 heteroatoms. The summed E-state index contributed by atoms with van der Waals surface area (Å²) in [6.45, 7) is 2.14. The molecule has 1 saturated heterocycles. The third-order valence-corrected chi connectivity index (χ3v) is 3.55. The molecule has 2 N–H and O–H groups in total. The molecule has 2 aliphatic heterocycles. The minimum Gasteiger partial charge on any atom is -0.469 e. The maximum Gasteiger partial charge on any atom is 0.317 e. The number of fused-ring (bicyclic) bond motifs is 4. The highest BCUT2D eigenvalue weighted by atomic mass is 32.1. The first kappa shape index (κ1) is 12.2. The van der Waals surface area contributed by atoms with Crippen molar-refractivity contribution in [3.8, 4) is 5.75 Å². The maximum atomic E-state index is 12.1. The predicted octanol–water partition coefficient (Wildman–Crippen LogP) is 1.10. The first-order valence-corrected chi connectivity index (χ1v) is 6.60. The SMILES string of the molecule is CCOC(=O)[C@@H]1[C@H]2NC(=S)N[C@H]1c1ccccc1O2. The molecule has 1 fully saturated rings. The quantitative estimate of drug-likeness (QED) is 0.624. The van der Waals surface area contributed by atoms with Gasteiger partial charge in [-0.1, -0.05) is 18.2 Å². The Morgan fingerprint density at radius 3 is 3.00 bits per heavy atom. The summed E-state index contributed by atoms with van der Waals surface area (Å²) in [4.78, 5) is 12.1. The Hall–Kier alpha value is -1.82. The molecule has 19 heavy (non-hydrogen) atoms. The molecule has 3 atom stereocenters. The van der Waals surface area contributed by atoms with E-state index in [1.54, 1.807) is 6.92 Å². The number of carbonyl (C=O) groups excluding carboxylic acids is 1. The largest absolute Gasteiger partial charge is 0.469 e. The van der Waals surface area contributed by atoms with Gasteiger partial charge in [-0.25, -0.2) is 0 Å². The van der Waals surface area contributed by atoms with Crippen molar-refractivity contribution in [2.75, 3.05) is 6.61 Å². The zero-order valence-corrected chi connectivity index (χ0v) is 11.2. The van der Waals surface area contributed by atoms with E-state index in [4.69, 9.17) is 21.7 Å². The lowest BCUT2D eigenvalue weighted by molar-refractivity contribution is -0.154. The van der Waals surface area contributed by atoms with Gasteiger partial charge < -0.3 is 20.1 Å². The molecule has 0 saturated carbocycles. The monoisotopic (exact) mass is 278 g/mol. The van der Waals surface area contributed by atoms with E-state index < -0.39 is 12.1 Å². The number of thiocarbonyl (C=S) groups is 1. The van der Waals surface area contributed by atoms with Crippen LogP contribution in [0.5, 0.6) is 5.75 Å². The van der Waals surface area contributed by atoms with Crippen molar-refractivity contribution < 1.29 is 14.3 Å². The Bertz CT molecular complexity index is 534. The van der Waals surface area contributed by atoms with Gasteiger partial charge in [0.15, 0.2) is 11.3 Å². The van der Waals surface area contributed by atoms with Crippen LogP contribution in [-0.4, -0.2) is 23.9 Å². The summed E-state index contributed by atoms with van der Waals surface area (Å²) < 4.78 is 10.9. The van der Waals surface area contributed by atoms with Crippen molar-refractivity contribution in [2.24, 2.45) is 5.92 Å². The minimum atomic E-state index is -0.479. The molecule has 3 rings (SSSR count). The average Bonchev–Trinajstić information content (AvgIpc) is 2.38. The van der Waals surface area contributed by atoms with Gasteiger partial charge in [0.2, 0.25) is 0 Å². The van der Waals surface area contributed by atoms with Crippen LogP contribution in [-0.2, 0) is 9.53 Å². The molecular weight excluding hydrogens is 264 g/mol. The second-order valence-electron chi connectivity index (χ2n) is 4.45. The number of benzene rings is 1. The van der Waals surface area contributed by atoms with Crippen LogP contribution in [0.25, 0.3) is 0 Å². The Balaban J connectivity index is 2.00. The van der Waals surface area contributed by atoms with Crippen molar-refractivity contribution in [3.05, 3.63) is 29.8 Å². The van der Waals surface area contributed by atoms with E-state index in [0.29, 0.717) is 11.7 Å². The summed E-state index contributed by atoms with van der Waals surface area (Å²) in [5.74, 6) is 0.0385. The van der Waals surface area contributed by atoms with Crippen molar-refractivity contribution in [3.63, 3.8) is 0 Å². The van der Waals surface area contributed by atoms with Gasteiger partial charge in [0.05, 0.1) is 12.6 Å². The van der Waals surface area contributed by atoms with E-state index in [1.807, 2.05) is 24.3 Å². The zero-order valence-electron chi connectivity index (χ0n) is 10.4. The van der Waals surface area contributed by atoms with Crippen molar-refractivity contribution in [2.45, 2.75) is 19.2 Å². The summed E-state index contributed by atoms with van der Waals surface area (Å²) in [5.41, 5.74) is 0.931. The fourth-order valence-corrected chi connectivity index (χ4v) is 2.76. The van der Waals surface area contributed by atoms with Crippen LogP contribution < -0.4 is 15.4 Å². The van der Waals surface area contributed by atoms with E-state index in [2.05, 4.69) is 10.6 Å². The van der Waals surface area contributed by atoms with Gasteiger partial charge in [-0.3, -0.25) is 4.79 Å². The van der Waals surface area contributed by atoms with Crippen LogP contribution in [0.15, 0.2) is 24.3 Å². The fraction of sp³-hybridized carbons (Fsp3) is 0.385. The summed E-state index contributed by atoms with van der Waals surface area (Å²) in [6, 6.07) is 7.43. The molecule has 2 heterocycles. The second kappa shape index (κ2) is 4.70. The van der Waals surface area contributed by atoms with Gasteiger partial charge in [0.1, 0.15) is 11.7 Å². The summed E-state index contributed by atoms with van der Waals surface area (Å²) in [7, 11) is 0. The smallest absolute Gasteiger partial charge is 0.317 e. The average molecular weight is 278 g/mol. The van der Waals surface area contributed by atoms with Crippen LogP contribution in [0.3, 0.4) is 0 Å². The van der Waals surface area contributed by atoms with Gasteiger partial charge in [-0.15, -0.1) is 0 Å². The number of para-hydroxylation sites is 1. The standard InChI is InChI=1S/C13H14N2O3S/c1-2-17-12(16)9-10-7-5-3-4-6-8(7)18-11(9)15-13(19)14-10/h3-6,9-11H,2H2,1H3,(H2,14,15,19)/t9-,10-,11-/m0/s1. The van der Waals surface area contributed by atoms with E-state index in [1.165, 1.54) is 0 Å². The predicted molar refractivity (Wildman–Crippen MR) is 72.6 cm³/mol. The first-order valence-electron chi connectivity index (χ1n) is 6.20. The molecule has 0 spiro atoms. The molecule has 0 aliphatic carbocycles. The van der Waals surface area contributed by atoms with Crippen molar-refractivity contribution in [1.82, 2.24) is 10.6 Å². The molecule has 2 aliphatic rings. The molecule has 0 aromatic heterocycles. The van der Waals surface area contributed by atoms with E-state index in [9.17, 15) is 4.79 Å². The molecule has 5 nitrogen and oxygen atoms in total. The Morgan fingerprint density at radius 2 is 2.21 bits per heavy atom. The maximum absolute atomic E-state index is 12.1. The van der Waals surface area contributed by atoms with Crippen molar-refractivity contribution in [1.29, 1.82) is 0 Å². The second-order valence-corrected chi connectivity index (χ2v) is 4.86. The van der Waals surface area contributed by atoms with Crippen LogP contribution in [0.2, 0.25) is 0 Å². The third-order valence-electron chi connectivity index (χ3n) is 3.31. The molecule has 1 aromatic rings. The van der Waals surface area contributed by atoms with Gasteiger partial charge >= 0.3 is 5.97 Å². The number of hydrogen-bond donors (Lipinski definition) is 2. The van der Waals surface area contributed by atoms with Gasteiger partial charge in [-0.05, 0) is 25.2 Å². The normalized spacial score (nSPS) is 27.4. The van der Waals surface area contributed by atoms with E-state index in [-0.39, 0.29) is 12.0 Å². The third kappa shape index (κ3) is 2.02. The zero-order chi connectivity index (χ0) is 13.4. The molecule has 2 bridgehead atoms. The Labute approximate surface area is 116 Å². The van der Waals surface area contributed by atoms with E-state index >= 15 is 0 Å². The molecule has 0 unspecified atom stereocenters. The minimum absolute atomic E-state index is 0.206.